The normalized spacial score (nSPS) is 14.9. The van der Waals surface area contributed by atoms with Gasteiger partial charge in [-0.3, -0.25) is 4.40 Å². The van der Waals surface area contributed by atoms with Crippen molar-refractivity contribution in [2.45, 2.75) is 26.0 Å². The van der Waals surface area contributed by atoms with Crippen molar-refractivity contribution in [1.82, 2.24) is 28.9 Å². The van der Waals surface area contributed by atoms with Gasteiger partial charge in [0.25, 0.3) is 0 Å². The minimum absolute atomic E-state index is 0.374. The molecule has 0 N–H and O–H groups in total. The number of nitrogens with zero attached hydrogens (tertiary/aromatic N) is 8. The quantitative estimate of drug-likeness (QED) is 0.644. The molecule has 9 nitrogen and oxygen atoms in total. The van der Waals surface area contributed by atoms with E-state index in [1.165, 1.54) is 11.5 Å². The SMILES string of the molecule is CCc1nnc2c(N3CC(N(C)c4nc(COC)ns4)C3)nccn12. The van der Waals surface area contributed by atoms with E-state index >= 15 is 0 Å². The van der Waals surface area contributed by atoms with Gasteiger partial charge in [0.15, 0.2) is 11.6 Å². The van der Waals surface area contributed by atoms with E-state index in [0.29, 0.717) is 12.6 Å². The molecule has 0 saturated carbocycles. The first-order chi connectivity index (χ1) is 12.2. The molecule has 0 amide bonds. The predicted octanol–water partition coefficient (Wildman–Crippen LogP) is 1.01. The summed E-state index contributed by atoms with van der Waals surface area (Å²) < 4.78 is 11.4. The number of likely N-dealkylation sites (N-methyl/N-ethyl adjacent to an activating group) is 1. The van der Waals surface area contributed by atoms with Gasteiger partial charge in [0.1, 0.15) is 12.4 Å². The third kappa shape index (κ3) is 2.81. The molecular weight excluding hydrogens is 340 g/mol. The molecule has 0 atom stereocenters. The van der Waals surface area contributed by atoms with Crippen molar-refractivity contribution in [3.63, 3.8) is 0 Å². The van der Waals surface area contributed by atoms with Crippen LogP contribution in [-0.2, 0) is 17.8 Å². The Morgan fingerprint density at radius 1 is 1.36 bits per heavy atom. The Balaban J connectivity index is 1.47. The summed E-state index contributed by atoms with van der Waals surface area (Å²) in [6.07, 6.45) is 4.57. The van der Waals surface area contributed by atoms with Gasteiger partial charge in [-0.25, -0.2) is 9.97 Å². The lowest BCUT2D eigenvalue weighted by molar-refractivity contribution is 0.179. The highest BCUT2D eigenvalue weighted by molar-refractivity contribution is 7.09. The van der Waals surface area contributed by atoms with Crippen LogP contribution in [0.5, 0.6) is 0 Å². The van der Waals surface area contributed by atoms with Crippen LogP contribution in [0.2, 0.25) is 0 Å². The molecule has 3 aromatic heterocycles. The van der Waals surface area contributed by atoms with E-state index in [4.69, 9.17) is 4.74 Å². The molecule has 0 spiro atoms. The van der Waals surface area contributed by atoms with Gasteiger partial charge < -0.3 is 14.5 Å². The Morgan fingerprint density at radius 3 is 2.96 bits per heavy atom. The number of hydrogen-bond donors (Lipinski definition) is 0. The van der Waals surface area contributed by atoms with Gasteiger partial charge in [0.05, 0.1) is 6.04 Å². The summed E-state index contributed by atoms with van der Waals surface area (Å²) in [5.74, 6) is 2.57. The van der Waals surface area contributed by atoms with E-state index in [-0.39, 0.29) is 0 Å². The van der Waals surface area contributed by atoms with E-state index in [0.717, 1.165) is 47.8 Å². The summed E-state index contributed by atoms with van der Waals surface area (Å²) in [6.45, 7) is 4.26. The number of hydrogen-bond acceptors (Lipinski definition) is 9. The number of aromatic nitrogens is 6. The second-order valence-corrected chi connectivity index (χ2v) is 6.74. The third-order valence-electron chi connectivity index (χ3n) is 4.44. The average Bonchev–Trinajstić information content (AvgIpc) is 3.20. The molecule has 10 heteroatoms. The molecule has 1 fully saturated rings. The topological polar surface area (TPSA) is 84.6 Å². The van der Waals surface area contributed by atoms with E-state index in [1.807, 2.05) is 16.8 Å². The summed E-state index contributed by atoms with van der Waals surface area (Å²) in [5, 5.41) is 9.47. The van der Waals surface area contributed by atoms with Gasteiger partial charge in [-0.05, 0) is 0 Å². The zero-order chi connectivity index (χ0) is 17.4. The Kier molecular flexibility index (Phi) is 4.22. The monoisotopic (exact) mass is 360 g/mol. The van der Waals surface area contributed by atoms with Crippen molar-refractivity contribution in [3.8, 4) is 0 Å². The van der Waals surface area contributed by atoms with Crippen molar-refractivity contribution in [1.29, 1.82) is 0 Å². The highest BCUT2D eigenvalue weighted by Crippen LogP contribution is 2.28. The zero-order valence-corrected chi connectivity index (χ0v) is 15.3. The number of fused-ring (bicyclic) bond motifs is 1. The fraction of sp³-hybridized carbons (Fsp3) is 0.533. The average molecular weight is 360 g/mol. The Labute approximate surface area is 149 Å². The van der Waals surface area contributed by atoms with Crippen LogP contribution in [0.3, 0.4) is 0 Å². The maximum atomic E-state index is 5.08. The first kappa shape index (κ1) is 16.2. The number of anilines is 2. The molecule has 0 bridgehead atoms. The van der Waals surface area contributed by atoms with E-state index < -0.39 is 0 Å². The van der Waals surface area contributed by atoms with Gasteiger partial charge in [-0.15, -0.1) is 10.2 Å². The highest BCUT2D eigenvalue weighted by Gasteiger charge is 2.34. The second-order valence-electron chi connectivity index (χ2n) is 6.01. The van der Waals surface area contributed by atoms with Gasteiger partial charge >= 0.3 is 0 Å². The van der Waals surface area contributed by atoms with E-state index in [1.54, 1.807) is 7.11 Å². The molecule has 1 saturated heterocycles. The fourth-order valence-electron chi connectivity index (χ4n) is 2.93. The first-order valence-corrected chi connectivity index (χ1v) is 8.96. The maximum Gasteiger partial charge on any atom is 0.205 e. The smallest absolute Gasteiger partial charge is 0.205 e. The Morgan fingerprint density at radius 2 is 2.20 bits per heavy atom. The van der Waals surface area contributed by atoms with Gasteiger partial charge in [0.2, 0.25) is 10.8 Å². The van der Waals surface area contributed by atoms with Gasteiger partial charge in [-0.1, -0.05) is 6.92 Å². The maximum absolute atomic E-state index is 5.08. The molecule has 0 aromatic carbocycles. The number of methoxy groups -OCH3 is 1. The number of rotatable bonds is 6. The zero-order valence-electron chi connectivity index (χ0n) is 14.5. The third-order valence-corrected chi connectivity index (χ3v) is 5.28. The predicted molar refractivity (Wildman–Crippen MR) is 95.2 cm³/mol. The van der Waals surface area contributed by atoms with Crippen LogP contribution < -0.4 is 9.80 Å². The van der Waals surface area contributed by atoms with Crippen LogP contribution in [0, 0.1) is 0 Å². The minimum atomic E-state index is 0.374. The fourth-order valence-corrected chi connectivity index (χ4v) is 3.63. The number of aryl methyl sites for hydroxylation is 1. The molecular formula is C15H20N8OS. The summed E-state index contributed by atoms with van der Waals surface area (Å²) >= 11 is 1.41. The van der Waals surface area contributed by atoms with Crippen LogP contribution in [0.15, 0.2) is 12.4 Å². The molecule has 4 rings (SSSR count). The molecule has 132 valence electrons. The number of ether oxygens (including phenoxy) is 1. The molecule has 1 aliphatic rings. The largest absolute Gasteiger partial charge is 0.377 e. The molecule has 0 radical (unpaired) electrons. The van der Waals surface area contributed by atoms with E-state index in [2.05, 4.69) is 48.3 Å². The van der Waals surface area contributed by atoms with E-state index in [9.17, 15) is 0 Å². The van der Waals surface area contributed by atoms with Crippen LogP contribution >= 0.6 is 11.5 Å². The lowest BCUT2D eigenvalue weighted by atomic mass is 10.1. The van der Waals surface area contributed by atoms with Gasteiger partial charge in [-0.2, -0.15) is 4.37 Å². The highest BCUT2D eigenvalue weighted by atomic mass is 32.1. The molecule has 0 unspecified atom stereocenters. The van der Waals surface area contributed by atoms with Crippen molar-refractivity contribution < 1.29 is 4.74 Å². The molecule has 4 heterocycles. The first-order valence-electron chi connectivity index (χ1n) is 8.19. The Bertz CT molecular complexity index is 871. The minimum Gasteiger partial charge on any atom is -0.377 e. The molecule has 0 aliphatic carbocycles. The second kappa shape index (κ2) is 6.52. The standard InChI is InChI=1S/C15H20N8OS/c1-4-12-18-19-14-13(16-5-6-23(12)14)22-7-10(8-22)21(2)15-17-11(9-24-3)20-25-15/h5-6,10H,4,7-9H2,1-3H3. The molecule has 1 aliphatic heterocycles. The molecule has 3 aromatic rings. The summed E-state index contributed by atoms with van der Waals surface area (Å²) in [5.41, 5.74) is 0.818. The summed E-state index contributed by atoms with van der Waals surface area (Å²) in [4.78, 5) is 13.4. The van der Waals surface area contributed by atoms with Crippen molar-refractivity contribution in [2.24, 2.45) is 0 Å². The van der Waals surface area contributed by atoms with Crippen molar-refractivity contribution >= 4 is 28.1 Å². The lowest BCUT2D eigenvalue weighted by Crippen LogP contribution is -2.59. The van der Waals surface area contributed by atoms with Crippen LogP contribution in [0.25, 0.3) is 5.65 Å². The lowest BCUT2D eigenvalue weighted by Gasteiger charge is -2.44. The Hall–Kier alpha value is -2.33. The van der Waals surface area contributed by atoms with Crippen molar-refractivity contribution in [3.05, 3.63) is 24.0 Å². The van der Waals surface area contributed by atoms with Crippen LogP contribution in [0.4, 0.5) is 10.9 Å². The summed E-state index contributed by atoms with van der Waals surface area (Å²) in [7, 11) is 3.70. The summed E-state index contributed by atoms with van der Waals surface area (Å²) in [6, 6.07) is 0.374. The van der Waals surface area contributed by atoms with Crippen molar-refractivity contribution in [2.75, 3.05) is 37.0 Å². The van der Waals surface area contributed by atoms with Gasteiger partial charge in [0, 0.05) is 57.6 Å². The van der Waals surface area contributed by atoms with Crippen LogP contribution in [0.1, 0.15) is 18.6 Å². The van der Waals surface area contributed by atoms with Crippen LogP contribution in [-0.4, -0.2) is 62.2 Å². The molecule has 25 heavy (non-hydrogen) atoms.